The molecule has 1 unspecified atom stereocenters. The largest absolute Gasteiger partial charge is 0.298 e. The van der Waals surface area contributed by atoms with E-state index in [9.17, 15) is 4.79 Å². The molecule has 1 atom stereocenters. The molecule has 2 rings (SSSR count). The number of carbonyl (C=O) groups excluding carboxylic acids is 1. The van der Waals surface area contributed by atoms with Gasteiger partial charge in [0.25, 0.3) is 0 Å². The zero-order valence-electron chi connectivity index (χ0n) is 9.33. The molecule has 1 heterocycles. The maximum Gasteiger partial charge on any atom is 0.152 e. The molecule has 14 heavy (non-hydrogen) atoms. The van der Waals surface area contributed by atoms with Gasteiger partial charge in [-0.25, -0.2) is 0 Å². The Morgan fingerprint density at radius 3 is 2.21 bits per heavy atom. The minimum Gasteiger partial charge on any atom is -0.298 e. The summed E-state index contributed by atoms with van der Waals surface area (Å²) in [6.45, 7) is 6.38. The van der Waals surface area contributed by atoms with Crippen LogP contribution in [0.15, 0.2) is 0 Å². The standard InChI is InChI=1S/C12H21NO/c1-9(2)12(14)11(10-5-6-10)13-7-3-4-8-13/h9-11H,3-8H2,1-2H3. The normalized spacial score (nSPS) is 25.6. The van der Waals surface area contributed by atoms with Crippen molar-refractivity contribution in [3.8, 4) is 0 Å². The lowest BCUT2D eigenvalue weighted by atomic mass is 9.97. The van der Waals surface area contributed by atoms with Gasteiger partial charge in [-0.1, -0.05) is 13.8 Å². The smallest absolute Gasteiger partial charge is 0.152 e. The van der Waals surface area contributed by atoms with E-state index < -0.39 is 0 Å². The number of nitrogens with zero attached hydrogens (tertiary/aromatic N) is 1. The molecule has 2 nitrogen and oxygen atoms in total. The Morgan fingerprint density at radius 1 is 1.21 bits per heavy atom. The highest BCUT2D eigenvalue weighted by molar-refractivity contribution is 5.86. The van der Waals surface area contributed by atoms with Gasteiger partial charge in [0, 0.05) is 5.92 Å². The van der Waals surface area contributed by atoms with Gasteiger partial charge in [0.05, 0.1) is 6.04 Å². The van der Waals surface area contributed by atoms with Gasteiger partial charge < -0.3 is 0 Å². The number of ketones is 1. The van der Waals surface area contributed by atoms with Crippen molar-refractivity contribution in [3.63, 3.8) is 0 Å². The van der Waals surface area contributed by atoms with E-state index in [1.165, 1.54) is 25.7 Å². The van der Waals surface area contributed by atoms with E-state index in [0.717, 1.165) is 13.1 Å². The maximum atomic E-state index is 12.1. The van der Waals surface area contributed by atoms with Crippen molar-refractivity contribution in [1.29, 1.82) is 0 Å². The molecular formula is C12H21NO. The van der Waals surface area contributed by atoms with Crippen LogP contribution in [0.5, 0.6) is 0 Å². The van der Waals surface area contributed by atoms with E-state index in [-0.39, 0.29) is 12.0 Å². The highest BCUT2D eigenvalue weighted by Gasteiger charge is 2.41. The van der Waals surface area contributed by atoms with Crippen LogP contribution in [0.1, 0.15) is 39.5 Å². The lowest BCUT2D eigenvalue weighted by Crippen LogP contribution is -2.42. The van der Waals surface area contributed by atoms with Gasteiger partial charge in [0.1, 0.15) is 0 Å². The summed E-state index contributed by atoms with van der Waals surface area (Å²) < 4.78 is 0. The van der Waals surface area contributed by atoms with E-state index >= 15 is 0 Å². The molecule has 0 aromatic rings. The SMILES string of the molecule is CC(C)C(=O)C(C1CC1)N1CCCC1. The molecule has 0 radical (unpaired) electrons. The zero-order valence-corrected chi connectivity index (χ0v) is 9.33. The van der Waals surface area contributed by atoms with E-state index in [4.69, 9.17) is 0 Å². The van der Waals surface area contributed by atoms with E-state index in [1.807, 2.05) is 13.8 Å². The molecule has 0 aromatic carbocycles. The summed E-state index contributed by atoms with van der Waals surface area (Å²) in [5.74, 6) is 1.39. The summed E-state index contributed by atoms with van der Waals surface area (Å²) in [5.41, 5.74) is 0. The summed E-state index contributed by atoms with van der Waals surface area (Å²) >= 11 is 0. The lowest BCUT2D eigenvalue weighted by molar-refractivity contribution is -0.127. The molecule has 1 aliphatic carbocycles. The first-order valence-electron chi connectivity index (χ1n) is 5.98. The molecule has 0 aromatic heterocycles. The molecule has 0 amide bonds. The molecule has 1 saturated heterocycles. The van der Waals surface area contributed by atoms with Crippen LogP contribution < -0.4 is 0 Å². The maximum absolute atomic E-state index is 12.1. The van der Waals surface area contributed by atoms with Crippen LogP contribution in [0.3, 0.4) is 0 Å². The predicted octanol–water partition coefficient (Wildman–Crippen LogP) is 2.09. The summed E-state index contributed by atoms with van der Waals surface area (Å²) in [6, 6.07) is 0.275. The molecule has 0 bridgehead atoms. The Balaban J connectivity index is 2.02. The van der Waals surface area contributed by atoms with Crippen LogP contribution in [0.4, 0.5) is 0 Å². The minimum atomic E-state index is 0.209. The van der Waals surface area contributed by atoms with Crippen molar-refractivity contribution in [2.75, 3.05) is 13.1 Å². The topological polar surface area (TPSA) is 20.3 Å². The summed E-state index contributed by atoms with van der Waals surface area (Å²) in [4.78, 5) is 14.5. The zero-order chi connectivity index (χ0) is 10.1. The highest BCUT2D eigenvalue weighted by Crippen LogP contribution is 2.37. The lowest BCUT2D eigenvalue weighted by Gasteiger charge is -2.27. The Kier molecular flexibility index (Phi) is 2.91. The van der Waals surface area contributed by atoms with Gasteiger partial charge in [-0.05, 0) is 44.7 Å². The van der Waals surface area contributed by atoms with Gasteiger partial charge in [0.15, 0.2) is 5.78 Å². The van der Waals surface area contributed by atoms with E-state index in [0.29, 0.717) is 11.7 Å². The molecular weight excluding hydrogens is 174 g/mol. The molecule has 0 spiro atoms. The van der Waals surface area contributed by atoms with Crippen LogP contribution in [0.25, 0.3) is 0 Å². The third kappa shape index (κ3) is 2.00. The van der Waals surface area contributed by atoms with Gasteiger partial charge in [0.2, 0.25) is 0 Å². The summed E-state index contributed by atoms with van der Waals surface area (Å²) in [6.07, 6.45) is 5.13. The first-order chi connectivity index (χ1) is 6.70. The van der Waals surface area contributed by atoms with Gasteiger partial charge in [-0.2, -0.15) is 0 Å². The summed E-state index contributed by atoms with van der Waals surface area (Å²) in [5, 5.41) is 0. The fourth-order valence-corrected chi connectivity index (χ4v) is 2.48. The highest BCUT2D eigenvalue weighted by atomic mass is 16.1. The van der Waals surface area contributed by atoms with Crippen molar-refractivity contribution in [1.82, 2.24) is 4.90 Å². The fourth-order valence-electron chi connectivity index (χ4n) is 2.48. The summed E-state index contributed by atoms with van der Waals surface area (Å²) in [7, 11) is 0. The first kappa shape index (κ1) is 10.2. The molecule has 0 N–H and O–H groups in total. The van der Waals surface area contributed by atoms with Crippen molar-refractivity contribution >= 4 is 5.78 Å². The number of likely N-dealkylation sites (tertiary alicyclic amines) is 1. The van der Waals surface area contributed by atoms with Gasteiger partial charge >= 0.3 is 0 Å². The predicted molar refractivity (Wildman–Crippen MR) is 57.2 cm³/mol. The number of hydrogen-bond donors (Lipinski definition) is 0. The molecule has 1 saturated carbocycles. The fraction of sp³-hybridized carbons (Fsp3) is 0.917. The quantitative estimate of drug-likeness (QED) is 0.684. The Labute approximate surface area is 86.7 Å². The van der Waals surface area contributed by atoms with Crippen LogP contribution in [0.2, 0.25) is 0 Å². The van der Waals surface area contributed by atoms with Crippen LogP contribution in [-0.4, -0.2) is 29.8 Å². The van der Waals surface area contributed by atoms with Crippen molar-refractivity contribution < 1.29 is 4.79 Å². The molecule has 80 valence electrons. The molecule has 1 aliphatic heterocycles. The molecule has 2 fully saturated rings. The third-order valence-electron chi connectivity index (χ3n) is 3.46. The van der Waals surface area contributed by atoms with Crippen LogP contribution in [-0.2, 0) is 4.79 Å². The van der Waals surface area contributed by atoms with Crippen LogP contribution in [0, 0.1) is 11.8 Å². The van der Waals surface area contributed by atoms with Crippen LogP contribution >= 0.6 is 0 Å². The Bertz CT molecular complexity index is 214. The van der Waals surface area contributed by atoms with Crippen molar-refractivity contribution in [3.05, 3.63) is 0 Å². The second-order valence-electron chi connectivity index (χ2n) is 5.08. The van der Waals surface area contributed by atoms with Crippen molar-refractivity contribution in [2.24, 2.45) is 11.8 Å². The van der Waals surface area contributed by atoms with Gasteiger partial charge in [-0.3, -0.25) is 9.69 Å². The monoisotopic (exact) mass is 195 g/mol. The van der Waals surface area contributed by atoms with Gasteiger partial charge in [-0.15, -0.1) is 0 Å². The van der Waals surface area contributed by atoms with Crippen molar-refractivity contribution in [2.45, 2.75) is 45.6 Å². The molecule has 2 aliphatic rings. The Morgan fingerprint density at radius 2 is 1.79 bits per heavy atom. The van der Waals surface area contributed by atoms with E-state index in [2.05, 4.69) is 4.90 Å². The third-order valence-corrected chi connectivity index (χ3v) is 3.46. The second-order valence-corrected chi connectivity index (χ2v) is 5.08. The average Bonchev–Trinajstić information content (AvgIpc) is 2.81. The van der Waals surface area contributed by atoms with E-state index in [1.54, 1.807) is 0 Å². The molecule has 2 heteroatoms. The number of Topliss-reactive ketones (excluding diaryl/α,β-unsaturated/α-hetero) is 1. The first-order valence-corrected chi connectivity index (χ1v) is 5.98. The minimum absolute atomic E-state index is 0.209. The second kappa shape index (κ2) is 4.01. The Hall–Kier alpha value is -0.370. The number of carbonyl (C=O) groups is 1. The average molecular weight is 195 g/mol. The number of rotatable bonds is 4. The number of hydrogen-bond acceptors (Lipinski definition) is 2.